The van der Waals surface area contributed by atoms with Crippen molar-refractivity contribution in [2.45, 2.75) is 44.3 Å². The zero-order valence-corrected chi connectivity index (χ0v) is 24.7. The number of pyridine rings is 2. The van der Waals surface area contributed by atoms with E-state index >= 15 is 0 Å². The number of fused-ring (bicyclic) bond motifs is 4. The van der Waals surface area contributed by atoms with Crippen LogP contribution in [0.25, 0.3) is 33.6 Å². The van der Waals surface area contributed by atoms with E-state index < -0.39 is 0 Å². The second-order valence-electron chi connectivity index (χ2n) is 12.3. The van der Waals surface area contributed by atoms with Gasteiger partial charge in [0.25, 0.3) is 5.91 Å². The number of carbonyl (C=O) groups excluding carboxylic acids is 1. The molecule has 2 saturated carbocycles. The van der Waals surface area contributed by atoms with Crippen molar-refractivity contribution in [2.24, 2.45) is 24.6 Å². The molecule has 3 aliphatic rings. The van der Waals surface area contributed by atoms with Gasteiger partial charge in [-0.2, -0.15) is 5.26 Å². The first-order chi connectivity index (χ1) is 21.4. The number of nitrogens with one attached hydrogen (secondary N) is 1. The first-order valence-corrected chi connectivity index (χ1v) is 15.2. The van der Waals surface area contributed by atoms with E-state index in [0.717, 1.165) is 53.1 Å². The fraction of sp³-hybridized carbons (Fsp3) is 0.364. The van der Waals surface area contributed by atoms with Crippen molar-refractivity contribution >= 4 is 39.5 Å². The first-order valence-electron chi connectivity index (χ1n) is 15.2. The molecule has 5 heterocycles. The number of anilines is 2. The van der Waals surface area contributed by atoms with Gasteiger partial charge in [-0.1, -0.05) is 0 Å². The van der Waals surface area contributed by atoms with E-state index in [-0.39, 0.29) is 18.0 Å². The van der Waals surface area contributed by atoms with Crippen LogP contribution in [-0.2, 0) is 13.6 Å². The summed E-state index contributed by atoms with van der Waals surface area (Å²) in [6, 6.07) is 15.6. The van der Waals surface area contributed by atoms with Gasteiger partial charge >= 0.3 is 0 Å². The van der Waals surface area contributed by atoms with Crippen molar-refractivity contribution in [3.8, 4) is 23.3 Å². The van der Waals surface area contributed by atoms with Gasteiger partial charge in [0.05, 0.1) is 18.3 Å². The van der Waals surface area contributed by atoms with Crippen molar-refractivity contribution in [1.82, 2.24) is 29.0 Å². The Labute approximate surface area is 254 Å². The summed E-state index contributed by atoms with van der Waals surface area (Å²) in [7, 11) is 3.62. The molecule has 2 aliphatic carbocycles. The molecule has 1 aliphatic heterocycles. The van der Waals surface area contributed by atoms with E-state index in [4.69, 9.17) is 20.4 Å². The van der Waals surface area contributed by atoms with Crippen molar-refractivity contribution < 1.29 is 9.53 Å². The molecular weight excluding hydrogens is 554 g/mol. The molecule has 5 aromatic rings. The van der Waals surface area contributed by atoms with Gasteiger partial charge < -0.3 is 29.8 Å². The Bertz CT molecular complexity index is 2000. The number of amides is 1. The van der Waals surface area contributed by atoms with Gasteiger partial charge in [0.2, 0.25) is 0 Å². The van der Waals surface area contributed by atoms with Crippen LogP contribution in [0.5, 0.6) is 5.75 Å². The number of likely N-dealkylation sites (tertiary alicyclic amines) is 1. The van der Waals surface area contributed by atoms with Crippen molar-refractivity contribution in [3.05, 3.63) is 59.9 Å². The third-order valence-electron chi connectivity index (χ3n) is 9.57. The Morgan fingerprint density at radius 2 is 2.00 bits per heavy atom. The second kappa shape index (κ2) is 10.1. The molecule has 0 radical (unpaired) electrons. The molecule has 2 unspecified atom stereocenters. The summed E-state index contributed by atoms with van der Waals surface area (Å²) >= 11 is 0. The average molecular weight is 588 g/mol. The van der Waals surface area contributed by atoms with Gasteiger partial charge in [-0.05, 0) is 80.0 Å². The van der Waals surface area contributed by atoms with Gasteiger partial charge in [0.1, 0.15) is 34.5 Å². The van der Waals surface area contributed by atoms with E-state index in [1.165, 1.54) is 12.8 Å². The number of nitrogens with two attached hydrogens (primary N) is 1. The summed E-state index contributed by atoms with van der Waals surface area (Å²) in [5.41, 5.74) is 11.4. The lowest BCUT2D eigenvalue weighted by Crippen LogP contribution is -2.41. The van der Waals surface area contributed by atoms with Crippen LogP contribution in [-0.4, -0.2) is 60.6 Å². The molecule has 3 N–H and O–H groups in total. The molecule has 44 heavy (non-hydrogen) atoms. The molecule has 1 saturated heterocycles. The number of hydrogen-bond acceptors (Lipinski definition) is 8. The number of ether oxygens (including phenoxy) is 1. The molecule has 0 spiro atoms. The summed E-state index contributed by atoms with van der Waals surface area (Å²) in [4.78, 5) is 29.8. The molecule has 2 bridgehead atoms. The van der Waals surface area contributed by atoms with Crippen LogP contribution in [0.2, 0.25) is 0 Å². The quantitative estimate of drug-likeness (QED) is 0.282. The van der Waals surface area contributed by atoms with E-state index in [1.807, 2.05) is 40.8 Å². The molecule has 4 aromatic heterocycles. The van der Waals surface area contributed by atoms with Crippen molar-refractivity contribution in [3.63, 3.8) is 0 Å². The number of imidazole rings is 1. The smallest absolute Gasteiger partial charge is 0.254 e. The van der Waals surface area contributed by atoms with Crippen LogP contribution in [0.3, 0.4) is 0 Å². The Hall–Kier alpha value is -4.95. The highest BCUT2D eigenvalue weighted by atomic mass is 16.5. The minimum atomic E-state index is -0.0109. The molecule has 1 aromatic carbocycles. The molecular formula is C33H33N9O2. The first kappa shape index (κ1) is 26.7. The number of benzene rings is 1. The maximum absolute atomic E-state index is 13.7. The van der Waals surface area contributed by atoms with Gasteiger partial charge in [-0.15, -0.1) is 0 Å². The number of carbonyl (C=O) groups is 1. The topological polar surface area (TPSA) is 140 Å². The number of aryl methyl sites for hydroxylation is 1. The van der Waals surface area contributed by atoms with E-state index in [0.29, 0.717) is 46.7 Å². The van der Waals surface area contributed by atoms with E-state index in [2.05, 4.69) is 33.1 Å². The van der Waals surface area contributed by atoms with Crippen LogP contribution in [0, 0.1) is 23.2 Å². The van der Waals surface area contributed by atoms with Crippen LogP contribution >= 0.6 is 0 Å². The number of nitriles is 1. The third kappa shape index (κ3) is 4.28. The Morgan fingerprint density at radius 3 is 2.73 bits per heavy atom. The predicted molar refractivity (Wildman–Crippen MR) is 166 cm³/mol. The Morgan fingerprint density at radius 1 is 1.14 bits per heavy atom. The number of aromatic nitrogens is 5. The van der Waals surface area contributed by atoms with Crippen LogP contribution < -0.4 is 15.8 Å². The standard InChI is InChI=1S/C33H33N9O2/c1-40-30-24(11-21(13-27(30)44-2)33(43)42-17-20-5-7-25(42)29(20)35)38-32(40)26-12-19-6-8-28(37-22-9-10-36-23(14-22)15-34)39-31(19)41(26)16-18-3-4-18/h6,8-14,18,20,25,29H,3-5,7,16-17,35H2,1-2H3,(H,36,37,39)/t20?,25?,29-/m1/s1. The summed E-state index contributed by atoms with van der Waals surface area (Å²) in [6.07, 6.45) is 6.04. The highest BCUT2D eigenvalue weighted by molar-refractivity contribution is 6.00. The van der Waals surface area contributed by atoms with Gasteiger partial charge in [0, 0.05) is 55.1 Å². The summed E-state index contributed by atoms with van der Waals surface area (Å²) in [5.74, 6) is 3.04. The molecule has 1 amide bonds. The maximum Gasteiger partial charge on any atom is 0.254 e. The highest BCUT2D eigenvalue weighted by Crippen LogP contribution is 2.40. The van der Waals surface area contributed by atoms with Crippen molar-refractivity contribution in [2.75, 3.05) is 19.0 Å². The zero-order valence-electron chi connectivity index (χ0n) is 24.7. The summed E-state index contributed by atoms with van der Waals surface area (Å²) < 4.78 is 10.1. The molecule has 3 atom stereocenters. The Balaban J connectivity index is 1.20. The van der Waals surface area contributed by atoms with Crippen molar-refractivity contribution in [1.29, 1.82) is 5.26 Å². The zero-order chi connectivity index (χ0) is 30.1. The average Bonchev–Trinajstić information content (AvgIpc) is 3.45. The lowest BCUT2D eigenvalue weighted by Gasteiger charge is -2.27. The number of hydrogen-bond donors (Lipinski definition) is 2. The monoisotopic (exact) mass is 587 g/mol. The van der Waals surface area contributed by atoms with Gasteiger partial charge in [-0.25, -0.2) is 15.0 Å². The molecule has 8 rings (SSSR count). The highest BCUT2D eigenvalue weighted by Gasteiger charge is 2.47. The summed E-state index contributed by atoms with van der Waals surface area (Å²) in [5, 5.41) is 13.6. The normalized spacial score (nSPS) is 20.9. The molecule has 222 valence electrons. The third-order valence-corrected chi connectivity index (χ3v) is 9.57. The van der Waals surface area contributed by atoms with Gasteiger partial charge in [-0.3, -0.25) is 4.79 Å². The van der Waals surface area contributed by atoms with E-state index in [1.54, 1.807) is 19.4 Å². The Kier molecular flexibility index (Phi) is 6.10. The minimum absolute atomic E-state index is 0.0109. The second-order valence-corrected chi connectivity index (χ2v) is 12.3. The maximum atomic E-state index is 13.7. The predicted octanol–water partition coefficient (Wildman–Crippen LogP) is 4.58. The largest absolute Gasteiger partial charge is 0.494 e. The van der Waals surface area contributed by atoms with E-state index in [9.17, 15) is 10.1 Å². The molecule has 3 fully saturated rings. The minimum Gasteiger partial charge on any atom is -0.494 e. The van der Waals surface area contributed by atoms with Crippen LogP contribution in [0.4, 0.5) is 11.5 Å². The molecule has 11 heteroatoms. The number of rotatable bonds is 7. The number of methoxy groups -OCH3 is 1. The SMILES string of the molecule is COc1cc(C(=O)N2CC3CCC2[C@@H]3N)cc2nc(-c3cc4ccc(Nc5ccnc(C#N)c5)nc4n3CC3CC3)n(C)c12. The number of piperidine rings is 1. The van der Waals surface area contributed by atoms with Crippen LogP contribution in [0.1, 0.15) is 41.7 Å². The summed E-state index contributed by atoms with van der Waals surface area (Å²) in [6.45, 7) is 1.55. The van der Waals surface area contributed by atoms with Gasteiger partial charge in [0.15, 0.2) is 5.82 Å². The lowest BCUT2D eigenvalue weighted by molar-refractivity contribution is 0.0700. The lowest BCUT2D eigenvalue weighted by atomic mass is 10.1. The fourth-order valence-corrected chi connectivity index (χ4v) is 7.11. The fourth-order valence-electron chi connectivity index (χ4n) is 7.11. The molecule has 11 nitrogen and oxygen atoms in total. The van der Waals surface area contributed by atoms with Crippen LogP contribution in [0.15, 0.2) is 48.7 Å². The number of nitrogens with zero attached hydrogens (tertiary/aromatic N) is 7.